The van der Waals surface area contributed by atoms with Crippen LogP contribution in [0.5, 0.6) is 0 Å². The highest BCUT2D eigenvalue weighted by Gasteiger charge is 2.34. The Bertz CT molecular complexity index is 486. The molecule has 20 heavy (non-hydrogen) atoms. The Kier molecular flexibility index (Phi) is 5.27. The first-order valence-electron chi connectivity index (χ1n) is 6.58. The molecule has 1 aliphatic rings. The molecular formula is C14H18Cl2N2O2. The van der Waals surface area contributed by atoms with Crippen LogP contribution in [0.25, 0.3) is 0 Å². The van der Waals surface area contributed by atoms with Gasteiger partial charge in [-0.25, -0.2) is 0 Å². The molecule has 0 radical (unpaired) electrons. The predicted octanol–water partition coefficient (Wildman–Crippen LogP) is 2.33. The second-order valence-electron chi connectivity index (χ2n) is 4.88. The number of nitrogens with one attached hydrogen (secondary N) is 2. The summed E-state index contributed by atoms with van der Waals surface area (Å²) >= 11 is 12.1. The molecular weight excluding hydrogens is 299 g/mol. The van der Waals surface area contributed by atoms with Crippen LogP contribution in [0.4, 0.5) is 0 Å². The van der Waals surface area contributed by atoms with E-state index in [4.69, 9.17) is 27.9 Å². The fraction of sp³-hybridized carbons (Fsp3) is 0.500. The minimum absolute atomic E-state index is 0.0785. The van der Waals surface area contributed by atoms with Gasteiger partial charge in [0, 0.05) is 13.5 Å². The van der Waals surface area contributed by atoms with E-state index in [1.165, 1.54) is 6.92 Å². The highest BCUT2D eigenvalue weighted by molar-refractivity contribution is 6.42. The third kappa shape index (κ3) is 3.64. The molecule has 1 saturated heterocycles. The van der Waals surface area contributed by atoms with Crippen LogP contribution in [0.2, 0.25) is 10.0 Å². The number of hydrogen-bond acceptors (Lipinski definition) is 3. The van der Waals surface area contributed by atoms with Gasteiger partial charge in [0.15, 0.2) is 0 Å². The number of halogens is 2. The van der Waals surface area contributed by atoms with Crippen molar-refractivity contribution < 1.29 is 9.53 Å². The second-order valence-corrected chi connectivity index (χ2v) is 5.70. The molecule has 1 aromatic carbocycles. The van der Waals surface area contributed by atoms with Crippen molar-refractivity contribution in [1.82, 2.24) is 10.6 Å². The molecule has 0 unspecified atom stereocenters. The van der Waals surface area contributed by atoms with E-state index >= 15 is 0 Å². The molecule has 1 heterocycles. The largest absolute Gasteiger partial charge is 0.367 e. The monoisotopic (exact) mass is 316 g/mol. The molecule has 0 spiro atoms. The maximum absolute atomic E-state index is 11.2. The van der Waals surface area contributed by atoms with Crippen LogP contribution in [0.15, 0.2) is 18.2 Å². The molecule has 1 aliphatic heterocycles. The van der Waals surface area contributed by atoms with Crippen molar-refractivity contribution >= 4 is 29.1 Å². The lowest BCUT2D eigenvalue weighted by molar-refractivity contribution is -0.121. The van der Waals surface area contributed by atoms with Crippen molar-refractivity contribution in [2.24, 2.45) is 0 Å². The minimum Gasteiger partial charge on any atom is -0.367 e. The molecule has 1 amide bonds. The summed E-state index contributed by atoms with van der Waals surface area (Å²) in [5.41, 5.74) is 0.369. The lowest BCUT2D eigenvalue weighted by Crippen LogP contribution is -2.42. The number of ether oxygens (including phenoxy) is 1. The molecule has 0 bridgehead atoms. The van der Waals surface area contributed by atoms with Crippen LogP contribution in [0, 0.1) is 0 Å². The van der Waals surface area contributed by atoms with Gasteiger partial charge in [0.25, 0.3) is 0 Å². The fourth-order valence-electron chi connectivity index (χ4n) is 2.32. The van der Waals surface area contributed by atoms with E-state index in [0.717, 1.165) is 25.1 Å². The lowest BCUT2D eigenvalue weighted by atomic mass is 9.90. The van der Waals surface area contributed by atoms with Gasteiger partial charge in [0.1, 0.15) is 5.60 Å². The van der Waals surface area contributed by atoms with Gasteiger partial charge in [-0.2, -0.15) is 0 Å². The summed E-state index contributed by atoms with van der Waals surface area (Å²) in [6.07, 6.45) is 0.755. The molecule has 1 fully saturated rings. The smallest absolute Gasteiger partial charge is 0.216 e. The molecule has 1 aromatic rings. The summed E-state index contributed by atoms with van der Waals surface area (Å²) in [6, 6.07) is 5.48. The fourth-order valence-corrected chi connectivity index (χ4v) is 2.62. The molecule has 0 saturated carbocycles. The zero-order chi connectivity index (χ0) is 14.6. The summed E-state index contributed by atoms with van der Waals surface area (Å²) in [5.74, 6) is -0.0785. The molecule has 6 heteroatoms. The van der Waals surface area contributed by atoms with Crippen LogP contribution in [-0.4, -0.2) is 32.1 Å². The Morgan fingerprint density at radius 3 is 2.90 bits per heavy atom. The summed E-state index contributed by atoms with van der Waals surface area (Å²) in [5, 5.41) is 7.14. The van der Waals surface area contributed by atoms with Crippen LogP contribution in [-0.2, 0) is 15.1 Å². The Balaban J connectivity index is 2.32. The van der Waals surface area contributed by atoms with Crippen molar-refractivity contribution in [3.05, 3.63) is 33.8 Å². The first kappa shape index (κ1) is 15.6. The number of rotatable bonds is 3. The average Bonchev–Trinajstić information content (AvgIpc) is 2.66. The normalized spacial score (nSPS) is 23.1. The number of benzene rings is 1. The summed E-state index contributed by atoms with van der Waals surface area (Å²) in [6.45, 7) is 4.11. The minimum atomic E-state index is -0.566. The SMILES string of the molecule is CC(=O)NC[C@@]1(c2ccc(Cl)c(Cl)c2)CCNCCO1. The zero-order valence-electron chi connectivity index (χ0n) is 11.3. The van der Waals surface area contributed by atoms with Crippen LogP contribution in [0.1, 0.15) is 18.9 Å². The molecule has 4 nitrogen and oxygen atoms in total. The van der Waals surface area contributed by atoms with Gasteiger partial charge in [-0.05, 0) is 30.7 Å². The highest BCUT2D eigenvalue weighted by Crippen LogP contribution is 2.34. The van der Waals surface area contributed by atoms with Gasteiger partial charge >= 0.3 is 0 Å². The molecule has 1 atom stereocenters. The average molecular weight is 317 g/mol. The predicted molar refractivity (Wildman–Crippen MR) is 80.3 cm³/mol. The van der Waals surface area contributed by atoms with E-state index in [1.54, 1.807) is 6.07 Å². The molecule has 2 N–H and O–H groups in total. The Hall–Kier alpha value is -0.810. The Morgan fingerprint density at radius 1 is 1.40 bits per heavy atom. The lowest BCUT2D eigenvalue weighted by Gasteiger charge is -2.33. The van der Waals surface area contributed by atoms with E-state index in [0.29, 0.717) is 23.2 Å². The van der Waals surface area contributed by atoms with Gasteiger partial charge < -0.3 is 15.4 Å². The van der Waals surface area contributed by atoms with Gasteiger partial charge in [-0.1, -0.05) is 29.3 Å². The van der Waals surface area contributed by atoms with E-state index in [1.807, 2.05) is 12.1 Å². The third-order valence-corrected chi connectivity index (χ3v) is 4.17. The van der Waals surface area contributed by atoms with E-state index < -0.39 is 5.60 Å². The summed E-state index contributed by atoms with van der Waals surface area (Å²) < 4.78 is 6.04. The first-order chi connectivity index (χ1) is 9.53. The summed E-state index contributed by atoms with van der Waals surface area (Å²) in [4.78, 5) is 11.2. The third-order valence-electron chi connectivity index (χ3n) is 3.43. The second kappa shape index (κ2) is 6.76. The van der Waals surface area contributed by atoms with Gasteiger partial charge in [0.2, 0.25) is 5.91 Å². The standard InChI is InChI=1S/C14H18Cl2N2O2/c1-10(19)18-9-14(4-5-17-6-7-20-14)11-2-3-12(15)13(16)8-11/h2-3,8,17H,4-7,9H2,1H3,(H,18,19)/t14-/m1/s1. The molecule has 2 rings (SSSR count). The van der Waals surface area contributed by atoms with Crippen LogP contribution >= 0.6 is 23.2 Å². The quantitative estimate of drug-likeness (QED) is 0.900. The zero-order valence-corrected chi connectivity index (χ0v) is 12.9. The Labute approximate surface area is 128 Å². The molecule has 110 valence electrons. The van der Waals surface area contributed by atoms with Crippen molar-refractivity contribution in [1.29, 1.82) is 0 Å². The van der Waals surface area contributed by atoms with Crippen molar-refractivity contribution in [3.8, 4) is 0 Å². The number of hydrogen-bond donors (Lipinski definition) is 2. The van der Waals surface area contributed by atoms with Gasteiger partial charge in [0.05, 0.1) is 23.2 Å². The van der Waals surface area contributed by atoms with Crippen molar-refractivity contribution in [2.75, 3.05) is 26.2 Å². The number of carbonyl (C=O) groups excluding carboxylic acids is 1. The maximum Gasteiger partial charge on any atom is 0.216 e. The van der Waals surface area contributed by atoms with E-state index in [-0.39, 0.29) is 5.91 Å². The van der Waals surface area contributed by atoms with E-state index in [9.17, 15) is 4.79 Å². The molecule has 0 aromatic heterocycles. The van der Waals surface area contributed by atoms with Crippen molar-refractivity contribution in [2.45, 2.75) is 18.9 Å². The topological polar surface area (TPSA) is 50.4 Å². The Morgan fingerprint density at radius 2 is 2.20 bits per heavy atom. The highest BCUT2D eigenvalue weighted by atomic mass is 35.5. The molecule has 0 aliphatic carbocycles. The van der Waals surface area contributed by atoms with E-state index in [2.05, 4.69) is 10.6 Å². The number of carbonyl (C=O) groups is 1. The maximum atomic E-state index is 11.2. The van der Waals surface area contributed by atoms with Crippen LogP contribution < -0.4 is 10.6 Å². The summed E-state index contributed by atoms with van der Waals surface area (Å²) in [7, 11) is 0. The van der Waals surface area contributed by atoms with Gasteiger partial charge in [-0.3, -0.25) is 4.79 Å². The van der Waals surface area contributed by atoms with Crippen LogP contribution in [0.3, 0.4) is 0 Å². The first-order valence-corrected chi connectivity index (χ1v) is 7.34. The number of amides is 1. The van der Waals surface area contributed by atoms with Gasteiger partial charge in [-0.15, -0.1) is 0 Å². The van der Waals surface area contributed by atoms with Crippen molar-refractivity contribution in [3.63, 3.8) is 0 Å².